The topological polar surface area (TPSA) is 26.0 Å². The fourth-order valence-corrected chi connectivity index (χ4v) is 3.73. The van der Waals surface area contributed by atoms with Crippen LogP contribution in [0.1, 0.15) is 38.7 Å². The van der Waals surface area contributed by atoms with Crippen molar-refractivity contribution < 1.29 is 4.39 Å². The van der Waals surface area contributed by atoms with E-state index in [9.17, 15) is 4.39 Å². The van der Waals surface area contributed by atoms with Crippen molar-refractivity contribution in [3.8, 4) is 0 Å². The van der Waals surface area contributed by atoms with Crippen molar-refractivity contribution in [1.29, 1.82) is 0 Å². The van der Waals surface area contributed by atoms with Crippen LogP contribution in [0.25, 0.3) is 0 Å². The summed E-state index contributed by atoms with van der Waals surface area (Å²) in [5, 5.41) is 0. The van der Waals surface area contributed by atoms with Gasteiger partial charge in [0.2, 0.25) is 0 Å². The fraction of sp³-hybridized carbons (Fsp3) is 0.625. The molecule has 0 spiro atoms. The van der Waals surface area contributed by atoms with E-state index in [2.05, 4.69) is 29.8 Å². The Bertz CT molecular complexity index is 444. The lowest BCUT2D eigenvalue weighted by Gasteiger charge is -2.40. The molecule has 2 rings (SSSR count). The second-order valence-electron chi connectivity index (χ2n) is 6.60. The quantitative estimate of drug-likeness (QED) is 0.867. The molecule has 1 saturated carbocycles. The molecule has 0 saturated heterocycles. The third-order valence-corrected chi connectivity index (χ3v) is 5.24. The minimum Gasteiger partial charge on any atom is -0.330 e. The second kappa shape index (κ2) is 5.92. The van der Waals surface area contributed by atoms with Gasteiger partial charge in [-0.2, -0.15) is 0 Å². The Kier molecular flexibility index (Phi) is 4.67. The molecule has 1 aliphatic carbocycles. The van der Waals surface area contributed by atoms with E-state index < -0.39 is 0 Å². The monoisotopic (exact) mass is 327 g/mol. The number of rotatable bonds is 3. The molecule has 2 N–H and O–H groups in total. The third-order valence-electron chi connectivity index (χ3n) is 4.47. The number of nitrogens with two attached hydrogens (primary N) is 1. The van der Waals surface area contributed by atoms with Crippen LogP contribution in [0.2, 0.25) is 0 Å². The molecule has 2 atom stereocenters. The second-order valence-corrected chi connectivity index (χ2v) is 7.46. The largest absolute Gasteiger partial charge is 0.330 e. The maximum atomic E-state index is 13.4. The minimum atomic E-state index is -0.155. The van der Waals surface area contributed by atoms with Gasteiger partial charge in [0.05, 0.1) is 0 Å². The maximum absolute atomic E-state index is 13.4. The molecule has 1 aromatic rings. The van der Waals surface area contributed by atoms with Gasteiger partial charge in [-0.3, -0.25) is 0 Å². The van der Waals surface area contributed by atoms with Crippen LogP contribution in [-0.4, -0.2) is 6.54 Å². The zero-order chi connectivity index (χ0) is 14.0. The van der Waals surface area contributed by atoms with Gasteiger partial charge >= 0.3 is 0 Å². The number of hydrogen-bond acceptors (Lipinski definition) is 1. The van der Waals surface area contributed by atoms with Gasteiger partial charge in [0.15, 0.2) is 0 Å². The molecule has 0 radical (unpaired) electrons. The first-order valence-corrected chi connectivity index (χ1v) is 7.84. The Morgan fingerprint density at radius 3 is 2.79 bits per heavy atom. The average Bonchev–Trinajstić information content (AvgIpc) is 2.33. The maximum Gasteiger partial charge on any atom is 0.123 e. The molecule has 0 amide bonds. The molecule has 0 bridgehead atoms. The lowest BCUT2D eigenvalue weighted by atomic mass is 9.65. The van der Waals surface area contributed by atoms with E-state index >= 15 is 0 Å². The van der Waals surface area contributed by atoms with Crippen LogP contribution < -0.4 is 5.73 Å². The number of benzene rings is 1. The molecule has 0 aromatic heterocycles. The highest BCUT2D eigenvalue weighted by molar-refractivity contribution is 9.10. The highest BCUT2D eigenvalue weighted by Crippen LogP contribution is 2.43. The van der Waals surface area contributed by atoms with Crippen molar-refractivity contribution in [2.24, 2.45) is 23.0 Å². The lowest BCUT2D eigenvalue weighted by molar-refractivity contribution is 0.121. The van der Waals surface area contributed by atoms with Gasteiger partial charge in [-0.25, -0.2) is 4.39 Å². The Hall–Kier alpha value is -0.410. The Balaban J connectivity index is 2.16. The molecule has 1 aliphatic rings. The van der Waals surface area contributed by atoms with Gasteiger partial charge in [-0.15, -0.1) is 0 Å². The first-order chi connectivity index (χ1) is 8.91. The summed E-state index contributed by atoms with van der Waals surface area (Å²) >= 11 is 3.53. The summed E-state index contributed by atoms with van der Waals surface area (Å²) in [6.45, 7) is 5.40. The first kappa shape index (κ1) is 15.0. The lowest BCUT2D eigenvalue weighted by Crippen LogP contribution is -2.35. The molecule has 0 heterocycles. The Labute approximate surface area is 123 Å². The van der Waals surface area contributed by atoms with Crippen molar-refractivity contribution in [3.63, 3.8) is 0 Å². The van der Waals surface area contributed by atoms with E-state index in [1.54, 1.807) is 12.1 Å². The zero-order valence-corrected chi connectivity index (χ0v) is 13.3. The molecule has 1 nitrogen and oxygen atoms in total. The van der Waals surface area contributed by atoms with Gasteiger partial charge in [-0.1, -0.05) is 29.8 Å². The Morgan fingerprint density at radius 1 is 1.37 bits per heavy atom. The number of halogens is 2. The van der Waals surface area contributed by atoms with Crippen molar-refractivity contribution in [2.45, 2.75) is 39.5 Å². The summed E-state index contributed by atoms with van der Waals surface area (Å²) in [6.07, 6.45) is 4.54. The van der Waals surface area contributed by atoms with E-state index in [0.29, 0.717) is 17.3 Å². The Morgan fingerprint density at radius 2 is 2.11 bits per heavy atom. The average molecular weight is 328 g/mol. The summed E-state index contributed by atoms with van der Waals surface area (Å²) in [7, 11) is 0. The molecular formula is C16H23BrFN. The molecule has 106 valence electrons. The standard InChI is InChI=1S/C16H23BrFN/c1-16(2)6-5-11(10-19)13(9-16)7-12-8-14(18)3-4-15(12)17/h3-4,8,11,13H,5-7,9-10,19H2,1-2H3. The minimum absolute atomic E-state index is 0.155. The summed E-state index contributed by atoms with van der Waals surface area (Å²) in [5.74, 6) is 0.979. The van der Waals surface area contributed by atoms with E-state index in [1.165, 1.54) is 25.3 Å². The van der Waals surface area contributed by atoms with Gasteiger partial charge in [0.1, 0.15) is 5.82 Å². The highest BCUT2D eigenvalue weighted by Gasteiger charge is 2.34. The van der Waals surface area contributed by atoms with Gasteiger partial charge in [0, 0.05) is 4.47 Å². The van der Waals surface area contributed by atoms with Crippen molar-refractivity contribution >= 4 is 15.9 Å². The molecule has 1 aromatic carbocycles. The summed E-state index contributed by atoms with van der Waals surface area (Å²) < 4.78 is 14.4. The van der Waals surface area contributed by atoms with Crippen molar-refractivity contribution in [1.82, 2.24) is 0 Å². The van der Waals surface area contributed by atoms with Gasteiger partial charge in [-0.05, 0) is 73.2 Å². The van der Waals surface area contributed by atoms with Crippen LogP contribution in [0.4, 0.5) is 4.39 Å². The first-order valence-electron chi connectivity index (χ1n) is 7.05. The van der Waals surface area contributed by atoms with Crippen LogP contribution in [0.15, 0.2) is 22.7 Å². The van der Waals surface area contributed by atoms with E-state index in [1.807, 2.05) is 0 Å². The summed E-state index contributed by atoms with van der Waals surface area (Å²) in [6, 6.07) is 4.95. The van der Waals surface area contributed by atoms with Crippen LogP contribution in [0.5, 0.6) is 0 Å². The van der Waals surface area contributed by atoms with Crippen LogP contribution >= 0.6 is 15.9 Å². The molecule has 1 fully saturated rings. The zero-order valence-electron chi connectivity index (χ0n) is 11.8. The van der Waals surface area contributed by atoms with Crippen molar-refractivity contribution in [3.05, 3.63) is 34.1 Å². The predicted molar refractivity (Wildman–Crippen MR) is 81.5 cm³/mol. The van der Waals surface area contributed by atoms with E-state index in [0.717, 1.165) is 23.0 Å². The fourth-order valence-electron chi connectivity index (χ4n) is 3.32. The molecule has 0 aliphatic heterocycles. The number of hydrogen-bond donors (Lipinski definition) is 1. The van der Waals surface area contributed by atoms with Gasteiger partial charge in [0.25, 0.3) is 0 Å². The smallest absolute Gasteiger partial charge is 0.123 e. The summed E-state index contributed by atoms with van der Waals surface area (Å²) in [4.78, 5) is 0. The van der Waals surface area contributed by atoms with Crippen molar-refractivity contribution in [2.75, 3.05) is 6.54 Å². The highest BCUT2D eigenvalue weighted by atomic mass is 79.9. The van der Waals surface area contributed by atoms with E-state index in [4.69, 9.17) is 5.73 Å². The van der Waals surface area contributed by atoms with E-state index in [-0.39, 0.29) is 5.82 Å². The van der Waals surface area contributed by atoms with Crippen LogP contribution in [-0.2, 0) is 6.42 Å². The van der Waals surface area contributed by atoms with Crippen LogP contribution in [0, 0.1) is 23.1 Å². The summed E-state index contributed by atoms with van der Waals surface area (Å²) in [5.41, 5.74) is 7.37. The molecule has 2 unspecified atom stereocenters. The molecule has 19 heavy (non-hydrogen) atoms. The predicted octanol–water partition coefficient (Wildman–Crippen LogP) is 4.53. The molecular weight excluding hydrogens is 305 g/mol. The third kappa shape index (κ3) is 3.79. The van der Waals surface area contributed by atoms with Gasteiger partial charge < -0.3 is 5.73 Å². The normalized spacial score (nSPS) is 26.4. The SMILES string of the molecule is CC1(C)CCC(CN)C(Cc2cc(F)ccc2Br)C1. The molecule has 3 heteroatoms. The van der Waals surface area contributed by atoms with Crippen LogP contribution in [0.3, 0.4) is 0 Å².